The van der Waals surface area contributed by atoms with E-state index in [4.69, 9.17) is 26.2 Å². The molecule has 0 heterocycles. The smallest absolute Gasteiger partial charge is 0.326 e. The Hall–Kier alpha value is -3.47. The standard InChI is InChI=1S/C14H18N2O5.C4H6O4/c15-10(13(18)19)6-7-12(17)16-11(14(20)21)8-9-4-2-1-3-5-9;1-2(3(5)6)4(7)8/h1-5,10-11H,6-8,15H2,(H,16,17)(H,18,19)(H,20,21);2H,1H3,(H,5,6)(H,7,8)/t10-,11-;/m0./s1. The molecule has 2 atom stereocenters. The van der Waals surface area contributed by atoms with Gasteiger partial charge in [0, 0.05) is 12.8 Å². The van der Waals surface area contributed by atoms with Gasteiger partial charge in [0.1, 0.15) is 12.1 Å². The lowest BCUT2D eigenvalue weighted by Gasteiger charge is -2.15. The minimum atomic E-state index is -1.31. The predicted molar refractivity (Wildman–Crippen MR) is 99.0 cm³/mol. The zero-order valence-corrected chi connectivity index (χ0v) is 15.6. The molecule has 7 N–H and O–H groups in total. The molecule has 1 amide bonds. The Bertz CT molecular complexity index is 707. The minimum Gasteiger partial charge on any atom is -0.481 e. The molecule has 0 radical (unpaired) electrons. The largest absolute Gasteiger partial charge is 0.481 e. The highest BCUT2D eigenvalue weighted by atomic mass is 16.4. The van der Waals surface area contributed by atoms with E-state index in [0.717, 1.165) is 12.5 Å². The second kappa shape index (κ2) is 12.8. The lowest BCUT2D eigenvalue weighted by atomic mass is 10.1. The van der Waals surface area contributed by atoms with E-state index in [-0.39, 0.29) is 19.3 Å². The van der Waals surface area contributed by atoms with Gasteiger partial charge in [0.05, 0.1) is 0 Å². The summed E-state index contributed by atoms with van der Waals surface area (Å²) in [5, 5.41) is 36.0. The van der Waals surface area contributed by atoms with Gasteiger partial charge in [0.15, 0.2) is 5.92 Å². The van der Waals surface area contributed by atoms with Crippen LogP contribution in [0.1, 0.15) is 25.3 Å². The SMILES string of the molecule is CC(C(=O)O)C(=O)O.N[C@@H](CCC(=O)N[C@@H](Cc1ccccc1)C(=O)O)C(=O)O. The van der Waals surface area contributed by atoms with Crippen LogP contribution in [0.15, 0.2) is 30.3 Å². The summed E-state index contributed by atoms with van der Waals surface area (Å²) in [5.74, 6) is -6.78. The van der Waals surface area contributed by atoms with E-state index in [2.05, 4.69) is 5.32 Å². The van der Waals surface area contributed by atoms with E-state index in [1.54, 1.807) is 24.3 Å². The van der Waals surface area contributed by atoms with Gasteiger partial charge in [-0.2, -0.15) is 0 Å². The maximum absolute atomic E-state index is 11.7. The van der Waals surface area contributed by atoms with Gasteiger partial charge in [-0.05, 0) is 18.9 Å². The summed E-state index contributed by atoms with van der Waals surface area (Å²) in [4.78, 5) is 52.9. The number of benzene rings is 1. The van der Waals surface area contributed by atoms with Crippen LogP contribution in [0.3, 0.4) is 0 Å². The Balaban J connectivity index is 0.000000828. The third kappa shape index (κ3) is 11.1. The van der Waals surface area contributed by atoms with Crippen molar-refractivity contribution in [2.45, 2.75) is 38.3 Å². The first-order chi connectivity index (χ1) is 13.5. The number of rotatable bonds is 10. The fourth-order valence-electron chi connectivity index (χ4n) is 1.83. The molecule has 0 spiro atoms. The lowest BCUT2D eigenvalue weighted by molar-refractivity contribution is -0.153. The van der Waals surface area contributed by atoms with Gasteiger partial charge in [-0.15, -0.1) is 0 Å². The molecule has 29 heavy (non-hydrogen) atoms. The number of carbonyl (C=O) groups excluding carboxylic acids is 1. The molecule has 1 rings (SSSR count). The highest BCUT2D eigenvalue weighted by molar-refractivity contribution is 5.92. The summed E-state index contributed by atoms with van der Waals surface area (Å²) in [6.07, 6.45) is -0.0161. The monoisotopic (exact) mass is 412 g/mol. The van der Waals surface area contributed by atoms with Crippen LogP contribution in [0.25, 0.3) is 0 Å². The second-order valence-corrected chi connectivity index (χ2v) is 6.03. The van der Waals surface area contributed by atoms with Crippen LogP contribution in [-0.2, 0) is 30.4 Å². The average molecular weight is 412 g/mol. The van der Waals surface area contributed by atoms with Crippen LogP contribution in [-0.4, -0.2) is 62.3 Å². The van der Waals surface area contributed by atoms with Crippen molar-refractivity contribution in [3.05, 3.63) is 35.9 Å². The second-order valence-electron chi connectivity index (χ2n) is 6.03. The van der Waals surface area contributed by atoms with Crippen LogP contribution < -0.4 is 11.1 Å². The summed E-state index contributed by atoms with van der Waals surface area (Å²) >= 11 is 0. The molecule has 0 saturated heterocycles. The van der Waals surface area contributed by atoms with Gasteiger partial charge in [0.2, 0.25) is 5.91 Å². The Morgan fingerprint density at radius 1 is 0.897 bits per heavy atom. The van der Waals surface area contributed by atoms with Crippen LogP contribution >= 0.6 is 0 Å². The minimum absolute atomic E-state index is 0.0428. The number of carbonyl (C=O) groups is 5. The molecular weight excluding hydrogens is 388 g/mol. The quantitative estimate of drug-likeness (QED) is 0.279. The number of hydrogen-bond acceptors (Lipinski definition) is 6. The molecular formula is C18H24N2O9. The predicted octanol–water partition coefficient (Wildman–Crippen LogP) is -0.218. The summed E-state index contributed by atoms with van der Waals surface area (Å²) < 4.78 is 0. The fourth-order valence-corrected chi connectivity index (χ4v) is 1.83. The number of nitrogens with two attached hydrogens (primary N) is 1. The van der Waals surface area contributed by atoms with Crippen LogP contribution in [0, 0.1) is 5.92 Å². The lowest BCUT2D eigenvalue weighted by Crippen LogP contribution is -2.43. The van der Waals surface area contributed by atoms with E-state index in [0.29, 0.717) is 0 Å². The number of hydrogen-bond donors (Lipinski definition) is 6. The van der Waals surface area contributed by atoms with Crippen LogP contribution in [0.2, 0.25) is 0 Å². The van der Waals surface area contributed by atoms with E-state index >= 15 is 0 Å². The normalized spacial score (nSPS) is 12.1. The van der Waals surface area contributed by atoms with Crippen molar-refractivity contribution in [3.63, 3.8) is 0 Å². The number of carboxylic acids is 4. The van der Waals surface area contributed by atoms with Crippen molar-refractivity contribution in [1.29, 1.82) is 0 Å². The molecule has 0 aromatic heterocycles. The van der Waals surface area contributed by atoms with Crippen molar-refractivity contribution >= 4 is 29.8 Å². The van der Waals surface area contributed by atoms with Crippen molar-refractivity contribution in [2.24, 2.45) is 11.7 Å². The van der Waals surface area contributed by atoms with Crippen molar-refractivity contribution in [1.82, 2.24) is 5.32 Å². The van der Waals surface area contributed by atoms with Crippen molar-refractivity contribution in [3.8, 4) is 0 Å². The molecule has 11 nitrogen and oxygen atoms in total. The summed E-state index contributed by atoms with van der Waals surface area (Å²) in [6, 6.07) is 6.72. The number of aliphatic carboxylic acids is 4. The molecule has 160 valence electrons. The zero-order chi connectivity index (χ0) is 22.6. The van der Waals surface area contributed by atoms with E-state index < -0.39 is 47.8 Å². The number of carboxylic acid groups (broad SMARTS) is 4. The number of nitrogens with one attached hydrogen (secondary N) is 1. The Labute approximate surface area is 166 Å². The third-order valence-electron chi connectivity index (χ3n) is 3.66. The highest BCUT2D eigenvalue weighted by Crippen LogP contribution is 2.04. The van der Waals surface area contributed by atoms with Crippen LogP contribution in [0.4, 0.5) is 0 Å². The van der Waals surface area contributed by atoms with Gasteiger partial charge in [-0.25, -0.2) is 4.79 Å². The zero-order valence-electron chi connectivity index (χ0n) is 15.6. The molecule has 0 saturated carbocycles. The fraction of sp³-hybridized carbons (Fsp3) is 0.389. The highest BCUT2D eigenvalue weighted by Gasteiger charge is 2.21. The van der Waals surface area contributed by atoms with Gasteiger partial charge < -0.3 is 31.5 Å². The maximum Gasteiger partial charge on any atom is 0.326 e. The molecule has 0 aliphatic rings. The summed E-state index contributed by atoms with van der Waals surface area (Å²) in [6.45, 7) is 1.12. The first kappa shape index (κ1) is 25.5. The average Bonchev–Trinajstić information content (AvgIpc) is 2.65. The molecule has 0 unspecified atom stereocenters. The molecule has 0 fully saturated rings. The molecule has 0 aliphatic carbocycles. The molecule has 11 heteroatoms. The Kier molecular flexibility index (Phi) is 11.3. The maximum atomic E-state index is 11.7. The van der Waals surface area contributed by atoms with E-state index in [9.17, 15) is 24.0 Å². The molecule has 1 aromatic rings. The van der Waals surface area contributed by atoms with Gasteiger partial charge in [-0.3, -0.25) is 19.2 Å². The Morgan fingerprint density at radius 3 is 1.79 bits per heavy atom. The molecule has 0 aliphatic heterocycles. The number of amides is 1. The molecule has 1 aromatic carbocycles. The van der Waals surface area contributed by atoms with Gasteiger partial charge in [-0.1, -0.05) is 30.3 Å². The van der Waals surface area contributed by atoms with Crippen molar-refractivity contribution < 1.29 is 44.4 Å². The van der Waals surface area contributed by atoms with Crippen LogP contribution in [0.5, 0.6) is 0 Å². The van der Waals surface area contributed by atoms with E-state index in [1.165, 1.54) is 0 Å². The topological polar surface area (TPSA) is 204 Å². The van der Waals surface area contributed by atoms with Gasteiger partial charge >= 0.3 is 23.9 Å². The van der Waals surface area contributed by atoms with Crippen molar-refractivity contribution in [2.75, 3.05) is 0 Å². The summed E-state index contributed by atoms with van der Waals surface area (Å²) in [5.41, 5.74) is 6.07. The van der Waals surface area contributed by atoms with E-state index in [1.807, 2.05) is 6.07 Å². The first-order valence-corrected chi connectivity index (χ1v) is 8.45. The van der Waals surface area contributed by atoms with Gasteiger partial charge in [0.25, 0.3) is 0 Å². The third-order valence-corrected chi connectivity index (χ3v) is 3.66. The Morgan fingerprint density at radius 2 is 1.41 bits per heavy atom. The summed E-state index contributed by atoms with van der Waals surface area (Å²) in [7, 11) is 0. The first-order valence-electron chi connectivity index (χ1n) is 8.45. The molecule has 0 bridgehead atoms.